The van der Waals surface area contributed by atoms with Crippen LogP contribution in [0.4, 0.5) is 0 Å². The van der Waals surface area contributed by atoms with Crippen LogP contribution in [0.2, 0.25) is 0 Å². The summed E-state index contributed by atoms with van der Waals surface area (Å²) in [7, 11) is 0. The van der Waals surface area contributed by atoms with E-state index >= 15 is 0 Å². The van der Waals surface area contributed by atoms with E-state index in [-0.39, 0.29) is 5.78 Å². The zero-order chi connectivity index (χ0) is 18.1. The first-order valence-electron chi connectivity index (χ1n) is 9.31. The fourth-order valence-corrected chi connectivity index (χ4v) is 3.58. The van der Waals surface area contributed by atoms with Crippen molar-refractivity contribution in [2.24, 2.45) is 0 Å². The Morgan fingerprint density at radius 1 is 1.00 bits per heavy atom. The van der Waals surface area contributed by atoms with E-state index in [1.54, 1.807) is 4.52 Å². The highest BCUT2D eigenvalue weighted by atomic mass is 16.1. The summed E-state index contributed by atoms with van der Waals surface area (Å²) in [4.78, 5) is 20.2. The molecule has 1 aliphatic heterocycles. The maximum absolute atomic E-state index is 13.2. The largest absolute Gasteiger partial charge is 0.296 e. The predicted octanol–water partition coefficient (Wildman–Crippen LogP) is 3.68. The number of piperidine rings is 1. The van der Waals surface area contributed by atoms with Crippen molar-refractivity contribution >= 4 is 11.4 Å². The second kappa shape index (κ2) is 7.00. The summed E-state index contributed by atoms with van der Waals surface area (Å²) in [5.74, 6) is 0.0908. The van der Waals surface area contributed by atoms with Crippen LogP contribution in [0.1, 0.15) is 41.0 Å². The van der Waals surface area contributed by atoms with Gasteiger partial charge in [-0.2, -0.15) is 5.10 Å². The van der Waals surface area contributed by atoms with Crippen molar-refractivity contribution in [3.05, 3.63) is 53.3 Å². The van der Waals surface area contributed by atoms with Gasteiger partial charge >= 0.3 is 0 Å². The van der Waals surface area contributed by atoms with E-state index in [0.717, 1.165) is 30.0 Å². The predicted molar refractivity (Wildman–Crippen MR) is 103 cm³/mol. The Balaban J connectivity index is 1.79. The van der Waals surface area contributed by atoms with Crippen molar-refractivity contribution in [2.45, 2.75) is 33.1 Å². The minimum absolute atomic E-state index is 0.0908. The molecule has 0 radical (unpaired) electrons. The third kappa shape index (κ3) is 3.27. The van der Waals surface area contributed by atoms with E-state index in [2.05, 4.69) is 29.1 Å². The van der Waals surface area contributed by atoms with Crippen LogP contribution < -0.4 is 0 Å². The minimum atomic E-state index is 0.0908. The first kappa shape index (κ1) is 16.9. The molecule has 0 bridgehead atoms. The molecule has 0 saturated carbocycles. The van der Waals surface area contributed by atoms with Gasteiger partial charge in [0.15, 0.2) is 11.4 Å². The van der Waals surface area contributed by atoms with Gasteiger partial charge in [0.05, 0.1) is 12.2 Å². The molecule has 0 aliphatic carbocycles. The number of imidazole rings is 1. The third-order valence-electron chi connectivity index (χ3n) is 5.02. The Kier molecular flexibility index (Phi) is 4.55. The third-order valence-corrected chi connectivity index (χ3v) is 5.02. The zero-order valence-corrected chi connectivity index (χ0v) is 15.4. The van der Waals surface area contributed by atoms with Gasteiger partial charge in [0.2, 0.25) is 0 Å². The van der Waals surface area contributed by atoms with Gasteiger partial charge < -0.3 is 0 Å². The van der Waals surface area contributed by atoms with Crippen LogP contribution in [0.15, 0.2) is 36.4 Å². The Labute approximate surface area is 153 Å². The normalized spacial score (nSPS) is 15.5. The lowest BCUT2D eigenvalue weighted by molar-refractivity contribution is 0.0909. The average Bonchev–Trinajstić information content (AvgIpc) is 3.01. The first-order chi connectivity index (χ1) is 12.6. The molecule has 0 N–H and O–H groups in total. The molecule has 5 heteroatoms. The van der Waals surface area contributed by atoms with E-state index in [1.165, 1.54) is 24.8 Å². The highest BCUT2D eigenvalue weighted by Crippen LogP contribution is 2.25. The number of likely N-dealkylation sites (tertiary alicyclic amines) is 1. The van der Waals surface area contributed by atoms with Crippen LogP contribution >= 0.6 is 0 Å². The van der Waals surface area contributed by atoms with Crippen molar-refractivity contribution in [1.29, 1.82) is 0 Å². The second-order valence-electron chi connectivity index (χ2n) is 7.18. The van der Waals surface area contributed by atoms with Crippen molar-refractivity contribution in [3.8, 4) is 11.3 Å². The number of ketones is 1. The van der Waals surface area contributed by atoms with E-state index in [0.29, 0.717) is 17.9 Å². The van der Waals surface area contributed by atoms with Gasteiger partial charge in [0, 0.05) is 5.56 Å². The fraction of sp³-hybridized carbons (Fsp3) is 0.381. The molecule has 0 unspecified atom stereocenters. The lowest BCUT2D eigenvalue weighted by Gasteiger charge is -2.25. The number of carbonyl (C=O) groups excluding carboxylic acids is 1. The number of hydrogen-bond acceptors (Lipinski definition) is 4. The van der Waals surface area contributed by atoms with Gasteiger partial charge in [-0.1, -0.05) is 36.2 Å². The number of rotatable bonds is 4. The lowest BCUT2D eigenvalue weighted by atomic mass is 10.1. The Morgan fingerprint density at radius 3 is 2.46 bits per heavy atom. The van der Waals surface area contributed by atoms with Crippen molar-refractivity contribution in [2.75, 3.05) is 19.6 Å². The Morgan fingerprint density at radius 2 is 1.73 bits per heavy atom. The maximum Gasteiger partial charge on any atom is 0.197 e. The molecule has 134 valence electrons. The van der Waals surface area contributed by atoms with Gasteiger partial charge in [-0.15, -0.1) is 0 Å². The molecule has 1 fully saturated rings. The molecule has 0 atom stereocenters. The number of nitrogens with zero attached hydrogens (tertiary/aromatic N) is 4. The summed E-state index contributed by atoms with van der Waals surface area (Å²) < 4.78 is 1.72. The molecule has 5 nitrogen and oxygen atoms in total. The van der Waals surface area contributed by atoms with E-state index in [4.69, 9.17) is 4.98 Å². The quantitative estimate of drug-likeness (QED) is 0.675. The van der Waals surface area contributed by atoms with Crippen LogP contribution in [-0.4, -0.2) is 44.9 Å². The summed E-state index contributed by atoms with van der Waals surface area (Å²) in [5, 5.41) is 4.57. The van der Waals surface area contributed by atoms with Gasteiger partial charge in [0.1, 0.15) is 11.4 Å². The van der Waals surface area contributed by atoms with Crippen LogP contribution in [0.3, 0.4) is 0 Å². The Bertz CT molecular complexity index is 937. The topological polar surface area (TPSA) is 50.5 Å². The Hall–Kier alpha value is -2.53. The minimum Gasteiger partial charge on any atom is -0.296 e. The monoisotopic (exact) mass is 348 g/mol. The molecule has 26 heavy (non-hydrogen) atoms. The molecule has 1 aromatic carbocycles. The number of benzene rings is 1. The highest BCUT2D eigenvalue weighted by Gasteiger charge is 2.24. The van der Waals surface area contributed by atoms with Gasteiger partial charge in [-0.05, 0) is 51.9 Å². The first-order valence-corrected chi connectivity index (χ1v) is 9.31. The fourth-order valence-electron chi connectivity index (χ4n) is 3.58. The van der Waals surface area contributed by atoms with Crippen molar-refractivity contribution < 1.29 is 4.79 Å². The SMILES string of the molecule is Cc1ccc(-c2nc3ccc(C)nn3c2C(=O)CN2CCCCC2)cc1. The van der Waals surface area contributed by atoms with Gasteiger partial charge in [-0.25, -0.2) is 9.50 Å². The summed E-state index contributed by atoms with van der Waals surface area (Å²) in [5.41, 5.74) is 5.06. The molecular formula is C21H24N4O. The number of aromatic nitrogens is 3. The standard InChI is InChI=1S/C21H24N4O/c1-15-6-9-17(10-7-15)20-21(18(26)14-24-12-4-3-5-13-24)25-19(22-20)11-8-16(2)23-25/h6-11H,3-5,12-14H2,1-2H3. The van der Waals surface area contributed by atoms with Crippen molar-refractivity contribution in [3.63, 3.8) is 0 Å². The van der Waals surface area contributed by atoms with E-state index < -0.39 is 0 Å². The number of fused-ring (bicyclic) bond motifs is 1. The van der Waals surface area contributed by atoms with Crippen LogP contribution in [-0.2, 0) is 0 Å². The summed E-state index contributed by atoms with van der Waals surface area (Å²) >= 11 is 0. The summed E-state index contributed by atoms with van der Waals surface area (Å²) in [6.07, 6.45) is 3.60. The summed E-state index contributed by atoms with van der Waals surface area (Å²) in [6, 6.07) is 12.0. The summed E-state index contributed by atoms with van der Waals surface area (Å²) in [6.45, 7) is 6.41. The second-order valence-corrected chi connectivity index (χ2v) is 7.18. The molecule has 0 amide bonds. The van der Waals surface area contributed by atoms with Crippen molar-refractivity contribution in [1.82, 2.24) is 19.5 Å². The molecule has 1 aliphatic rings. The number of carbonyl (C=O) groups is 1. The van der Waals surface area contributed by atoms with Crippen LogP contribution in [0.5, 0.6) is 0 Å². The highest BCUT2D eigenvalue weighted by molar-refractivity contribution is 6.02. The molecule has 3 heterocycles. The number of aryl methyl sites for hydroxylation is 2. The van der Waals surface area contributed by atoms with Crippen LogP contribution in [0, 0.1) is 13.8 Å². The molecule has 1 saturated heterocycles. The van der Waals surface area contributed by atoms with Gasteiger partial charge in [-0.3, -0.25) is 9.69 Å². The number of Topliss-reactive ketones (excluding diaryl/α,β-unsaturated/α-hetero) is 1. The lowest BCUT2D eigenvalue weighted by Crippen LogP contribution is -2.35. The smallest absolute Gasteiger partial charge is 0.197 e. The molecule has 3 aromatic rings. The molecule has 0 spiro atoms. The zero-order valence-electron chi connectivity index (χ0n) is 15.4. The van der Waals surface area contributed by atoms with E-state index in [9.17, 15) is 4.79 Å². The van der Waals surface area contributed by atoms with E-state index in [1.807, 2.05) is 31.2 Å². The van der Waals surface area contributed by atoms with Gasteiger partial charge in [0.25, 0.3) is 0 Å². The molecular weight excluding hydrogens is 324 g/mol. The maximum atomic E-state index is 13.2. The molecule has 4 rings (SSSR count). The number of hydrogen-bond donors (Lipinski definition) is 0. The molecule has 2 aromatic heterocycles. The average molecular weight is 348 g/mol. The van der Waals surface area contributed by atoms with Crippen LogP contribution in [0.25, 0.3) is 16.9 Å².